The zero-order valence-corrected chi connectivity index (χ0v) is 12.4. The fourth-order valence-corrected chi connectivity index (χ4v) is 2.54. The maximum absolute atomic E-state index is 6.25. The van der Waals surface area contributed by atoms with E-state index in [1.54, 1.807) is 17.2 Å². The number of oxazole rings is 1. The van der Waals surface area contributed by atoms with E-state index in [0.717, 1.165) is 27.9 Å². The predicted octanol–water partition coefficient (Wildman–Crippen LogP) is 4.04. The molecule has 4 rings (SSSR count). The molecule has 0 spiro atoms. The first-order valence-electron chi connectivity index (χ1n) is 6.73. The smallest absolute Gasteiger partial charge is 0.227 e. The minimum Gasteiger partial charge on any atom is -0.436 e. The largest absolute Gasteiger partial charge is 0.436 e. The van der Waals surface area contributed by atoms with Crippen molar-refractivity contribution in [2.45, 2.75) is 6.92 Å². The number of aromatic nitrogens is 4. The van der Waals surface area contributed by atoms with Gasteiger partial charge in [0.25, 0.3) is 0 Å². The van der Waals surface area contributed by atoms with Crippen molar-refractivity contribution in [1.82, 2.24) is 19.7 Å². The van der Waals surface area contributed by atoms with E-state index in [9.17, 15) is 0 Å². The minimum absolute atomic E-state index is 0.562. The SMILES string of the molecule is Cc1ccc2oc(-c3ccc(Cl)c(-n4cnnc4)c3)nc2c1. The topological polar surface area (TPSA) is 56.7 Å². The molecular weight excluding hydrogens is 300 g/mol. The number of rotatable bonds is 2. The summed E-state index contributed by atoms with van der Waals surface area (Å²) in [7, 11) is 0. The van der Waals surface area contributed by atoms with E-state index in [0.29, 0.717) is 10.9 Å². The summed E-state index contributed by atoms with van der Waals surface area (Å²) in [6.45, 7) is 2.03. The molecule has 0 radical (unpaired) electrons. The van der Waals surface area contributed by atoms with Crippen molar-refractivity contribution in [1.29, 1.82) is 0 Å². The molecule has 6 heteroatoms. The van der Waals surface area contributed by atoms with Gasteiger partial charge in [-0.1, -0.05) is 17.7 Å². The Morgan fingerprint density at radius 3 is 2.68 bits per heavy atom. The molecule has 0 aliphatic carbocycles. The lowest BCUT2D eigenvalue weighted by atomic mass is 10.2. The summed E-state index contributed by atoms with van der Waals surface area (Å²) in [6.07, 6.45) is 3.20. The molecule has 0 bridgehead atoms. The standard InChI is InChI=1S/C16H11ClN4O/c1-10-2-5-15-13(6-10)20-16(22-15)11-3-4-12(17)14(7-11)21-8-18-19-9-21/h2-9H,1H3. The number of nitrogens with zero attached hydrogens (tertiary/aromatic N) is 4. The molecule has 0 saturated heterocycles. The number of benzene rings is 2. The van der Waals surface area contributed by atoms with E-state index < -0.39 is 0 Å². The van der Waals surface area contributed by atoms with Crippen LogP contribution in [-0.2, 0) is 0 Å². The molecule has 0 aliphatic rings. The molecule has 0 aliphatic heterocycles. The van der Waals surface area contributed by atoms with Crippen molar-refractivity contribution >= 4 is 22.7 Å². The van der Waals surface area contributed by atoms with Crippen molar-refractivity contribution in [2.24, 2.45) is 0 Å². The van der Waals surface area contributed by atoms with Crippen LogP contribution in [0.15, 0.2) is 53.5 Å². The van der Waals surface area contributed by atoms with Crippen LogP contribution in [0.3, 0.4) is 0 Å². The molecule has 5 nitrogen and oxygen atoms in total. The van der Waals surface area contributed by atoms with Gasteiger partial charge in [0.1, 0.15) is 18.2 Å². The first kappa shape index (κ1) is 13.0. The van der Waals surface area contributed by atoms with Gasteiger partial charge >= 0.3 is 0 Å². The first-order valence-corrected chi connectivity index (χ1v) is 7.10. The first-order chi connectivity index (χ1) is 10.7. The Balaban J connectivity index is 1.86. The van der Waals surface area contributed by atoms with Crippen molar-refractivity contribution in [2.75, 3.05) is 0 Å². The van der Waals surface area contributed by atoms with Crippen molar-refractivity contribution < 1.29 is 4.42 Å². The molecule has 0 saturated carbocycles. The van der Waals surface area contributed by atoms with E-state index in [4.69, 9.17) is 16.0 Å². The van der Waals surface area contributed by atoms with Gasteiger partial charge in [0, 0.05) is 5.56 Å². The average Bonchev–Trinajstić information content (AvgIpc) is 3.16. The highest BCUT2D eigenvalue weighted by atomic mass is 35.5. The van der Waals surface area contributed by atoms with Gasteiger partial charge in [0.05, 0.1) is 10.7 Å². The van der Waals surface area contributed by atoms with Gasteiger partial charge in [0.2, 0.25) is 5.89 Å². The molecule has 0 fully saturated rings. The second-order valence-corrected chi connectivity index (χ2v) is 5.43. The second kappa shape index (κ2) is 4.96. The Labute approximate surface area is 131 Å². The Bertz CT molecular complexity index is 960. The highest BCUT2D eigenvalue weighted by molar-refractivity contribution is 6.32. The molecule has 2 aromatic heterocycles. The second-order valence-electron chi connectivity index (χ2n) is 5.03. The van der Waals surface area contributed by atoms with E-state index in [-0.39, 0.29) is 0 Å². The van der Waals surface area contributed by atoms with E-state index in [2.05, 4.69) is 15.2 Å². The molecule has 22 heavy (non-hydrogen) atoms. The highest BCUT2D eigenvalue weighted by Crippen LogP contribution is 2.29. The Kier molecular flexibility index (Phi) is 2.94. The molecule has 0 amide bonds. The third-order valence-corrected chi connectivity index (χ3v) is 3.75. The average molecular weight is 311 g/mol. The van der Waals surface area contributed by atoms with Crippen LogP contribution >= 0.6 is 11.6 Å². The van der Waals surface area contributed by atoms with Gasteiger partial charge in [-0.3, -0.25) is 4.57 Å². The quantitative estimate of drug-likeness (QED) is 0.561. The van der Waals surface area contributed by atoms with Gasteiger partial charge < -0.3 is 4.42 Å². The summed E-state index contributed by atoms with van der Waals surface area (Å²) < 4.78 is 7.58. The molecular formula is C16H11ClN4O. The number of hydrogen-bond donors (Lipinski definition) is 0. The van der Waals surface area contributed by atoms with Gasteiger partial charge in [-0.15, -0.1) is 10.2 Å². The van der Waals surface area contributed by atoms with Gasteiger partial charge in [-0.25, -0.2) is 4.98 Å². The molecule has 0 N–H and O–H groups in total. The van der Waals surface area contributed by atoms with Crippen LogP contribution in [0, 0.1) is 6.92 Å². The van der Waals surface area contributed by atoms with Crippen molar-refractivity contribution in [3.8, 4) is 17.1 Å². The number of aryl methyl sites for hydroxylation is 1. The lowest BCUT2D eigenvalue weighted by molar-refractivity contribution is 0.619. The number of halogens is 1. The van der Waals surface area contributed by atoms with E-state index >= 15 is 0 Å². The fourth-order valence-electron chi connectivity index (χ4n) is 2.33. The fraction of sp³-hybridized carbons (Fsp3) is 0.0625. The molecule has 4 aromatic rings. The van der Waals surface area contributed by atoms with Crippen LogP contribution in [0.4, 0.5) is 0 Å². The molecule has 0 unspecified atom stereocenters. The van der Waals surface area contributed by atoms with Crippen LogP contribution in [0.5, 0.6) is 0 Å². The summed E-state index contributed by atoms with van der Waals surface area (Å²) in [5.74, 6) is 0.562. The van der Waals surface area contributed by atoms with Crippen LogP contribution in [0.25, 0.3) is 28.2 Å². The van der Waals surface area contributed by atoms with Gasteiger partial charge in [-0.05, 0) is 42.8 Å². The molecule has 108 valence electrons. The van der Waals surface area contributed by atoms with Gasteiger partial charge in [0.15, 0.2) is 5.58 Å². The third kappa shape index (κ3) is 2.16. The predicted molar refractivity (Wildman–Crippen MR) is 84.1 cm³/mol. The van der Waals surface area contributed by atoms with Crippen LogP contribution in [0.1, 0.15) is 5.56 Å². The van der Waals surface area contributed by atoms with Crippen molar-refractivity contribution in [3.05, 3.63) is 59.6 Å². The zero-order valence-electron chi connectivity index (χ0n) is 11.7. The van der Waals surface area contributed by atoms with Crippen molar-refractivity contribution in [3.63, 3.8) is 0 Å². The molecule has 0 atom stereocenters. The summed E-state index contributed by atoms with van der Waals surface area (Å²) >= 11 is 6.25. The Morgan fingerprint density at radius 1 is 1.05 bits per heavy atom. The monoisotopic (exact) mass is 310 g/mol. The third-order valence-electron chi connectivity index (χ3n) is 3.43. The maximum Gasteiger partial charge on any atom is 0.227 e. The van der Waals surface area contributed by atoms with E-state index in [1.807, 2.05) is 43.3 Å². The van der Waals surface area contributed by atoms with Crippen LogP contribution in [-0.4, -0.2) is 19.7 Å². The number of fused-ring (bicyclic) bond motifs is 1. The van der Waals surface area contributed by atoms with Crippen LogP contribution < -0.4 is 0 Å². The maximum atomic E-state index is 6.25. The summed E-state index contributed by atoms with van der Waals surface area (Å²) in [5, 5.41) is 8.21. The Morgan fingerprint density at radius 2 is 1.86 bits per heavy atom. The molecule has 2 aromatic carbocycles. The number of hydrogen-bond acceptors (Lipinski definition) is 4. The highest BCUT2D eigenvalue weighted by Gasteiger charge is 2.11. The lowest BCUT2D eigenvalue weighted by Crippen LogP contribution is -1.92. The summed E-state index contributed by atoms with van der Waals surface area (Å²) in [5.41, 5.74) is 4.38. The molecule has 2 heterocycles. The minimum atomic E-state index is 0.562. The van der Waals surface area contributed by atoms with Gasteiger partial charge in [-0.2, -0.15) is 0 Å². The summed E-state index contributed by atoms with van der Waals surface area (Å²) in [6, 6.07) is 11.5. The zero-order chi connectivity index (χ0) is 15.1. The Hall–Kier alpha value is -2.66. The van der Waals surface area contributed by atoms with E-state index in [1.165, 1.54) is 0 Å². The normalized spacial score (nSPS) is 11.2. The lowest BCUT2D eigenvalue weighted by Gasteiger charge is -2.05. The van der Waals surface area contributed by atoms with Crippen LogP contribution in [0.2, 0.25) is 5.02 Å². The summed E-state index contributed by atoms with van der Waals surface area (Å²) in [4.78, 5) is 4.55.